The summed E-state index contributed by atoms with van der Waals surface area (Å²) in [5.74, 6) is 1.83. The number of aliphatic hydroxyl groups is 1. The third kappa shape index (κ3) is 3.80. The maximum absolute atomic E-state index is 10.2. The molecule has 5 nitrogen and oxygen atoms in total. The van der Waals surface area contributed by atoms with Crippen molar-refractivity contribution < 1.29 is 19.3 Å². The van der Waals surface area contributed by atoms with Crippen LogP contribution in [0.5, 0.6) is 17.2 Å². The van der Waals surface area contributed by atoms with Gasteiger partial charge in [0.2, 0.25) is 5.75 Å². The van der Waals surface area contributed by atoms with Crippen molar-refractivity contribution in [2.45, 2.75) is 45.4 Å². The first-order chi connectivity index (χ1) is 9.67. The second-order valence-electron chi connectivity index (χ2n) is 6.03. The zero-order valence-corrected chi connectivity index (χ0v) is 14.0. The molecule has 1 rings (SSSR count). The Hall–Kier alpha value is -1.46. The number of hydrogen-bond donors (Lipinski definition) is 2. The van der Waals surface area contributed by atoms with Gasteiger partial charge in [0, 0.05) is 17.6 Å². The molecule has 0 aliphatic heterocycles. The molecular weight excluding hydrogens is 270 g/mol. The SMILES string of the molecule is COc1ccc(CNC(C)(C)C(C)(C)O)c(OC)c1OC. The minimum absolute atomic E-state index is 0.453. The lowest BCUT2D eigenvalue weighted by Crippen LogP contribution is -2.55. The first kappa shape index (κ1) is 17.6. The Morgan fingerprint density at radius 2 is 1.52 bits per heavy atom. The topological polar surface area (TPSA) is 60.0 Å². The van der Waals surface area contributed by atoms with E-state index in [0.29, 0.717) is 23.8 Å². The van der Waals surface area contributed by atoms with Crippen LogP contribution in [0.3, 0.4) is 0 Å². The highest BCUT2D eigenvalue weighted by Gasteiger charge is 2.34. The molecule has 0 saturated carbocycles. The Kier molecular flexibility index (Phi) is 5.48. The van der Waals surface area contributed by atoms with Crippen molar-refractivity contribution in [2.75, 3.05) is 21.3 Å². The van der Waals surface area contributed by atoms with Gasteiger partial charge in [-0.1, -0.05) is 6.07 Å². The van der Waals surface area contributed by atoms with Crippen molar-refractivity contribution in [3.05, 3.63) is 17.7 Å². The summed E-state index contributed by atoms with van der Waals surface area (Å²) in [4.78, 5) is 0. The van der Waals surface area contributed by atoms with Crippen molar-refractivity contribution in [3.63, 3.8) is 0 Å². The van der Waals surface area contributed by atoms with Gasteiger partial charge in [0.05, 0.1) is 26.9 Å². The van der Waals surface area contributed by atoms with Crippen molar-refractivity contribution in [1.82, 2.24) is 5.32 Å². The maximum atomic E-state index is 10.2. The van der Waals surface area contributed by atoms with Crippen LogP contribution in [0.25, 0.3) is 0 Å². The van der Waals surface area contributed by atoms with E-state index in [1.165, 1.54) is 0 Å². The summed E-state index contributed by atoms with van der Waals surface area (Å²) < 4.78 is 16.1. The van der Waals surface area contributed by atoms with E-state index in [2.05, 4.69) is 5.32 Å². The summed E-state index contributed by atoms with van der Waals surface area (Å²) in [5, 5.41) is 13.5. The van der Waals surface area contributed by atoms with Crippen LogP contribution in [-0.2, 0) is 6.54 Å². The number of methoxy groups -OCH3 is 3. The largest absolute Gasteiger partial charge is 0.493 e. The van der Waals surface area contributed by atoms with Crippen molar-refractivity contribution in [2.24, 2.45) is 0 Å². The lowest BCUT2D eigenvalue weighted by Gasteiger charge is -2.38. The average Bonchev–Trinajstić information content (AvgIpc) is 2.42. The van der Waals surface area contributed by atoms with Gasteiger partial charge in [0.15, 0.2) is 11.5 Å². The molecule has 0 atom stereocenters. The zero-order chi connectivity index (χ0) is 16.3. The highest BCUT2D eigenvalue weighted by atomic mass is 16.5. The van der Waals surface area contributed by atoms with Gasteiger partial charge in [0.1, 0.15) is 0 Å². The molecule has 2 N–H and O–H groups in total. The van der Waals surface area contributed by atoms with Gasteiger partial charge < -0.3 is 24.6 Å². The number of rotatable bonds is 7. The molecule has 0 amide bonds. The first-order valence-electron chi connectivity index (χ1n) is 6.93. The predicted molar refractivity (Wildman–Crippen MR) is 83.3 cm³/mol. The Morgan fingerprint density at radius 1 is 0.952 bits per heavy atom. The van der Waals surface area contributed by atoms with E-state index in [9.17, 15) is 5.11 Å². The highest BCUT2D eigenvalue weighted by Crippen LogP contribution is 2.39. The fourth-order valence-electron chi connectivity index (χ4n) is 1.83. The summed E-state index contributed by atoms with van der Waals surface area (Å²) >= 11 is 0. The van der Waals surface area contributed by atoms with E-state index >= 15 is 0 Å². The Labute approximate surface area is 127 Å². The van der Waals surface area contributed by atoms with Crippen LogP contribution >= 0.6 is 0 Å². The quantitative estimate of drug-likeness (QED) is 0.809. The molecule has 0 bridgehead atoms. The van der Waals surface area contributed by atoms with Crippen LogP contribution in [0.15, 0.2) is 12.1 Å². The summed E-state index contributed by atoms with van der Waals surface area (Å²) in [7, 11) is 4.77. The van der Waals surface area contributed by atoms with Crippen molar-refractivity contribution in [1.29, 1.82) is 0 Å². The van der Waals surface area contributed by atoms with Crippen molar-refractivity contribution >= 4 is 0 Å². The molecule has 0 aliphatic rings. The van der Waals surface area contributed by atoms with Crippen LogP contribution in [0.4, 0.5) is 0 Å². The zero-order valence-electron chi connectivity index (χ0n) is 14.0. The molecule has 0 spiro atoms. The van der Waals surface area contributed by atoms with Crippen LogP contribution in [-0.4, -0.2) is 37.6 Å². The van der Waals surface area contributed by atoms with Crippen LogP contribution in [0.2, 0.25) is 0 Å². The standard InChI is InChI=1S/C16H27NO4/c1-15(2,16(3,4)18)17-10-11-8-9-12(19-5)14(21-7)13(11)20-6/h8-9,17-18H,10H2,1-7H3. The number of nitrogens with one attached hydrogen (secondary N) is 1. The minimum atomic E-state index is -0.850. The van der Waals surface area contributed by atoms with E-state index in [1.54, 1.807) is 35.2 Å². The predicted octanol–water partition coefficient (Wildman–Crippen LogP) is 2.35. The molecule has 21 heavy (non-hydrogen) atoms. The lowest BCUT2D eigenvalue weighted by atomic mass is 9.86. The van der Waals surface area contributed by atoms with Crippen LogP contribution < -0.4 is 19.5 Å². The molecule has 1 aromatic rings. The molecule has 0 saturated heterocycles. The second-order valence-corrected chi connectivity index (χ2v) is 6.03. The molecule has 0 unspecified atom stereocenters. The minimum Gasteiger partial charge on any atom is -0.493 e. The maximum Gasteiger partial charge on any atom is 0.203 e. The van der Waals surface area contributed by atoms with E-state index < -0.39 is 11.1 Å². The molecule has 0 heterocycles. The highest BCUT2D eigenvalue weighted by molar-refractivity contribution is 5.55. The summed E-state index contributed by atoms with van der Waals surface area (Å²) in [6.07, 6.45) is 0. The van der Waals surface area contributed by atoms with Gasteiger partial charge in [-0.25, -0.2) is 0 Å². The van der Waals surface area contributed by atoms with Gasteiger partial charge in [-0.15, -0.1) is 0 Å². The van der Waals surface area contributed by atoms with Gasteiger partial charge in [-0.3, -0.25) is 0 Å². The summed E-state index contributed by atoms with van der Waals surface area (Å²) in [5.41, 5.74) is -0.366. The molecule has 0 fully saturated rings. The van der Waals surface area contributed by atoms with E-state index in [1.807, 2.05) is 26.0 Å². The van der Waals surface area contributed by atoms with E-state index in [4.69, 9.17) is 14.2 Å². The van der Waals surface area contributed by atoms with Gasteiger partial charge >= 0.3 is 0 Å². The first-order valence-corrected chi connectivity index (χ1v) is 6.93. The third-order valence-electron chi connectivity index (χ3n) is 4.04. The molecule has 0 aliphatic carbocycles. The molecular formula is C16H27NO4. The van der Waals surface area contributed by atoms with Gasteiger partial charge in [-0.2, -0.15) is 0 Å². The van der Waals surface area contributed by atoms with Gasteiger partial charge in [0.25, 0.3) is 0 Å². The molecule has 5 heteroatoms. The average molecular weight is 297 g/mol. The molecule has 0 radical (unpaired) electrons. The smallest absolute Gasteiger partial charge is 0.203 e. The Morgan fingerprint density at radius 3 is 1.95 bits per heavy atom. The Bertz CT molecular complexity index is 478. The molecule has 1 aromatic carbocycles. The van der Waals surface area contributed by atoms with E-state index in [-0.39, 0.29) is 0 Å². The third-order valence-corrected chi connectivity index (χ3v) is 4.04. The van der Waals surface area contributed by atoms with E-state index in [0.717, 1.165) is 5.56 Å². The van der Waals surface area contributed by atoms with Crippen molar-refractivity contribution in [3.8, 4) is 17.2 Å². The fraction of sp³-hybridized carbons (Fsp3) is 0.625. The monoisotopic (exact) mass is 297 g/mol. The molecule has 0 aromatic heterocycles. The lowest BCUT2D eigenvalue weighted by molar-refractivity contribution is -0.00540. The summed E-state index contributed by atoms with van der Waals surface area (Å²) in [6.45, 7) is 8.03. The van der Waals surface area contributed by atoms with Gasteiger partial charge in [-0.05, 0) is 33.8 Å². The second kappa shape index (κ2) is 6.54. The van der Waals surface area contributed by atoms with Crippen LogP contribution in [0, 0.1) is 0 Å². The number of ether oxygens (including phenoxy) is 3. The summed E-state index contributed by atoms with van der Waals surface area (Å²) in [6, 6.07) is 3.77. The van der Waals surface area contributed by atoms with Crippen LogP contribution in [0.1, 0.15) is 33.3 Å². The number of hydrogen-bond acceptors (Lipinski definition) is 5. The normalized spacial score (nSPS) is 12.2. The molecule has 120 valence electrons. The Balaban J connectivity index is 3.05. The fourth-order valence-corrected chi connectivity index (χ4v) is 1.83. The number of benzene rings is 1.